The van der Waals surface area contributed by atoms with Gasteiger partial charge in [0, 0.05) is 25.2 Å². The Kier molecular flexibility index (Phi) is 6.47. The van der Waals surface area contributed by atoms with Gasteiger partial charge in [-0.25, -0.2) is 0 Å². The van der Waals surface area contributed by atoms with Gasteiger partial charge in [0.2, 0.25) is 0 Å². The summed E-state index contributed by atoms with van der Waals surface area (Å²) in [4.78, 5) is 12.8. The van der Waals surface area contributed by atoms with Gasteiger partial charge in [0.25, 0.3) is 0 Å². The first kappa shape index (κ1) is 13.8. The highest BCUT2D eigenvalue weighted by Gasteiger charge is 2.01. The quantitative estimate of drug-likeness (QED) is 0.538. The Morgan fingerprint density at radius 3 is 2.94 bits per heavy atom. The molecule has 94 valence electrons. The molecule has 0 saturated heterocycles. The first-order valence-corrected chi connectivity index (χ1v) is 5.76. The molecule has 0 aliphatic heterocycles. The van der Waals surface area contributed by atoms with E-state index in [-0.39, 0.29) is 0 Å². The van der Waals surface area contributed by atoms with Crippen LogP contribution in [0.4, 0.5) is 0 Å². The van der Waals surface area contributed by atoms with E-state index in [4.69, 9.17) is 10.5 Å². The van der Waals surface area contributed by atoms with E-state index in [0.29, 0.717) is 19.8 Å². The molecular formula is C13H20N2O2. The molecule has 0 saturated carbocycles. The van der Waals surface area contributed by atoms with Crippen molar-refractivity contribution in [1.82, 2.24) is 4.90 Å². The summed E-state index contributed by atoms with van der Waals surface area (Å²) in [5.41, 5.74) is 7.18. The minimum absolute atomic E-state index is 0.561. The molecule has 0 unspecified atom stereocenters. The van der Waals surface area contributed by atoms with Crippen molar-refractivity contribution < 1.29 is 9.53 Å². The summed E-state index contributed by atoms with van der Waals surface area (Å²) >= 11 is 0. The molecule has 1 aromatic rings. The van der Waals surface area contributed by atoms with Crippen LogP contribution in [0.1, 0.15) is 15.9 Å². The molecule has 17 heavy (non-hydrogen) atoms. The second-order valence-electron chi connectivity index (χ2n) is 4.00. The van der Waals surface area contributed by atoms with Gasteiger partial charge in [0.15, 0.2) is 0 Å². The molecule has 0 radical (unpaired) electrons. The lowest BCUT2D eigenvalue weighted by Gasteiger charge is -2.16. The van der Waals surface area contributed by atoms with Crippen LogP contribution >= 0.6 is 0 Å². The molecule has 1 aromatic carbocycles. The maximum absolute atomic E-state index is 10.6. The fraction of sp³-hybridized carbons (Fsp3) is 0.462. The smallest absolute Gasteiger partial charge is 0.150 e. The number of carbonyl (C=O) groups excluding carboxylic acids is 1. The third kappa shape index (κ3) is 5.58. The van der Waals surface area contributed by atoms with Gasteiger partial charge in [-0.2, -0.15) is 0 Å². The molecule has 0 aliphatic rings. The van der Waals surface area contributed by atoms with E-state index in [9.17, 15) is 4.79 Å². The maximum Gasteiger partial charge on any atom is 0.150 e. The molecule has 0 aliphatic carbocycles. The van der Waals surface area contributed by atoms with Crippen LogP contribution < -0.4 is 5.73 Å². The lowest BCUT2D eigenvalue weighted by molar-refractivity contribution is 0.112. The normalized spacial score (nSPS) is 10.8. The molecule has 0 amide bonds. The molecule has 0 atom stereocenters. The van der Waals surface area contributed by atoms with Crippen molar-refractivity contribution in [2.24, 2.45) is 5.73 Å². The van der Waals surface area contributed by atoms with Gasteiger partial charge in [-0.05, 0) is 18.7 Å². The third-order valence-electron chi connectivity index (χ3n) is 2.42. The number of benzene rings is 1. The van der Waals surface area contributed by atoms with Crippen LogP contribution in [-0.2, 0) is 11.3 Å². The van der Waals surface area contributed by atoms with Crippen LogP contribution in [0.25, 0.3) is 0 Å². The van der Waals surface area contributed by atoms with Gasteiger partial charge in [0.1, 0.15) is 6.29 Å². The lowest BCUT2D eigenvalue weighted by Crippen LogP contribution is -2.23. The average Bonchev–Trinajstić information content (AvgIpc) is 2.35. The number of likely N-dealkylation sites (N-methyl/N-ethyl adjacent to an activating group) is 1. The van der Waals surface area contributed by atoms with Crippen molar-refractivity contribution in [3.8, 4) is 0 Å². The molecule has 0 spiro atoms. The molecule has 1 rings (SSSR count). The van der Waals surface area contributed by atoms with Crippen molar-refractivity contribution in [2.45, 2.75) is 6.54 Å². The Hall–Kier alpha value is -1.23. The predicted octanol–water partition coefficient (Wildman–Crippen LogP) is 0.906. The van der Waals surface area contributed by atoms with Crippen LogP contribution in [0.15, 0.2) is 24.3 Å². The topological polar surface area (TPSA) is 55.6 Å². The molecule has 4 nitrogen and oxygen atoms in total. The van der Waals surface area contributed by atoms with E-state index in [0.717, 1.165) is 30.5 Å². The summed E-state index contributed by atoms with van der Waals surface area (Å²) in [5.74, 6) is 0. The Morgan fingerprint density at radius 1 is 1.41 bits per heavy atom. The van der Waals surface area contributed by atoms with Gasteiger partial charge in [-0.3, -0.25) is 9.69 Å². The number of ether oxygens (including phenoxy) is 1. The van der Waals surface area contributed by atoms with E-state index in [1.807, 2.05) is 25.2 Å². The Morgan fingerprint density at radius 2 is 2.24 bits per heavy atom. The van der Waals surface area contributed by atoms with Crippen molar-refractivity contribution in [3.05, 3.63) is 35.4 Å². The summed E-state index contributed by atoms with van der Waals surface area (Å²) in [7, 11) is 2.03. The van der Waals surface area contributed by atoms with Crippen LogP contribution in [0.3, 0.4) is 0 Å². The molecule has 2 N–H and O–H groups in total. The molecule has 0 bridgehead atoms. The first-order chi connectivity index (χ1) is 8.26. The zero-order valence-corrected chi connectivity index (χ0v) is 10.3. The van der Waals surface area contributed by atoms with E-state index < -0.39 is 0 Å². The molecule has 4 heteroatoms. The third-order valence-corrected chi connectivity index (χ3v) is 2.42. The summed E-state index contributed by atoms with van der Waals surface area (Å²) in [6, 6.07) is 7.63. The zero-order chi connectivity index (χ0) is 12.5. The first-order valence-electron chi connectivity index (χ1n) is 5.76. The number of hydrogen-bond acceptors (Lipinski definition) is 4. The summed E-state index contributed by atoms with van der Waals surface area (Å²) in [5, 5.41) is 0. The summed E-state index contributed by atoms with van der Waals surface area (Å²) in [6.45, 7) is 3.51. The van der Waals surface area contributed by atoms with Crippen molar-refractivity contribution >= 4 is 6.29 Å². The van der Waals surface area contributed by atoms with E-state index in [2.05, 4.69) is 4.90 Å². The Balaban J connectivity index is 2.33. The van der Waals surface area contributed by atoms with Crippen LogP contribution in [0, 0.1) is 0 Å². The number of rotatable bonds is 8. The van der Waals surface area contributed by atoms with Crippen LogP contribution in [0.2, 0.25) is 0 Å². The van der Waals surface area contributed by atoms with Crippen LogP contribution in [0.5, 0.6) is 0 Å². The summed E-state index contributed by atoms with van der Waals surface area (Å²) < 4.78 is 5.31. The number of aldehydes is 1. The number of carbonyl (C=O) groups is 1. The lowest BCUT2D eigenvalue weighted by atomic mass is 10.1. The minimum Gasteiger partial charge on any atom is -0.379 e. The highest BCUT2D eigenvalue weighted by Crippen LogP contribution is 2.05. The van der Waals surface area contributed by atoms with Crippen LogP contribution in [-0.4, -0.2) is 44.5 Å². The average molecular weight is 236 g/mol. The Labute approximate surface area is 102 Å². The fourth-order valence-corrected chi connectivity index (χ4v) is 1.56. The second kappa shape index (κ2) is 7.95. The number of nitrogens with two attached hydrogens (primary N) is 1. The largest absolute Gasteiger partial charge is 0.379 e. The zero-order valence-electron chi connectivity index (χ0n) is 10.3. The highest BCUT2D eigenvalue weighted by molar-refractivity contribution is 5.74. The molecule has 0 fully saturated rings. The van der Waals surface area contributed by atoms with Crippen molar-refractivity contribution in [1.29, 1.82) is 0 Å². The van der Waals surface area contributed by atoms with Gasteiger partial charge < -0.3 is 10.5 Å². The maximum atomic E-state index is 10.6. The van der Waals surface area contributed by atoms with Gasteiger partial charge in [-0.15, -0.1) is 0 Å². The van der Waals surface area contributed by atoms with Gasteiger partial charge in [-0.1, -0.05) is 18.2 Å². The molecule has 0 aromatic heterocycles. The minimum atomic E-state index is 0.561. The van der Waals surface area contributed by atoms with Gasteiger partial charge >= 0.3 is 0 Å². The van der Waals surface area contributed by atoms with E-state index >= 15 is 0 Å². The second-order valence-corrected chi connectivity index (χ2v) is 4.00. The highest BCUT2D eigenvalue weighted by atomic mass is 16.5. The van der Waals surface area contributed by atoms with Crippen molar-refractivity contribution in [2.75, 3.05) is 33.4 Å². The van der Waals surface area contributed by atoms with Gasteiger partial charge in [0.05, 0.1) is 13.2 Å². The van der Waals surface area contributed by atoms with E-state index in [1.54, 1.807) is 6.07 Å². The number of nitrogens with zero attached hydrogens (tertiary/aromatic N) is 1. The predicted molar refractivity (Wildman–Crippen MR) is 68.0 cm³/mol. The number of hydrogen-bond donors (Lipinski definition) is 1. The molecule has 0 heterocycles. The SMILES string of the molecule is CN(CCOCCN)Cc1cccc(C=O)c1. The standard InChI is InChI=1S/C13H20N2O2/c1-15(6-8-17-7-5-14)10-12-3-2-4-13(9-12)11-16/h2-4,9,11H,5-8,10,14H2,1H3. The van der Waals surface area contributed by atoms with Crippen molar-refractivity contribution in [3.63, 3.8) is 0 Å². The fourth-order valence-electron chi connectivity index (χ4n) is 1.56. The Bertz CT molecular complexity index is 342. The van der Waals surface area contributed by atoms with E-state index in [1.165, 1.54) is 0 Å². The summed E-state index contributed by atoms with van der Waals surface area (Å²) in [6.07, 6.45) is 0.869. The monoisotopic (exact) mass is 236 g/mol. The molecular weight excluding hydrogens is 216 g/mol.